The van der Waals surface area contributed by atoms with Gasteiger partial charge in [0, 0.05) is 17.6 Å². The number of allylic oxidation sites excluding steroid dienone is 4. The molecule has 104 valence electrons. The summed E-state index contributed by atoms with van der Waals surface area (Å²) in [4.78, 5) is 22.9. The van der Waals surface area contributed by atoms with E-state index in [1.807, 2.05) is 0 Å². The summed E-state index contributed by atoms with van der Waals surface area (Å²) >= 11 is 5.58. The second kappa shape index (κ2) is 5.54. The highest BCUT2D eigenvalue weighted by Gasteiger charge is 2.24. The number of carbonyl (C=O) groups is 2. The average molecular weight is 298 g/mol. The second-order valence-corrected chi connectivity index (χ2v) is 4.74. The van der Waals surface area contributed by atoms with Crippen molar-refractivity contribution in [1.29, 1.82) is 0 Å². The van der Waals surface area contributed by atoms with Gasteiger partial charge < -0.3 is 5.32 Å². The summed E-state index contributed by atoms with van der Waals surface area (Å²) in [5.74, 6) is -1.78. The smallest absolute Gasteiger partial charge is 0.211 e. The Kier molecular flexibility index (Phi) is 3.99. The van der Waals surface area contributed by atoms with Crippen molar-refractivity contribution in [2.45, 2.75) is 13.3 Å². The van der Waals surface area contributed by atoms with Gasteiger partial charge in [0.1, 0.15) is 11.6 Å². The topological polar surface area (TPSA) is 46.2 Å². The SMILES string of the molecule is Cc1cc(F)cc(C(=O)C2=CC(Cl)=C(F)C2)c1NC=O. The largest absolute Gasteiger partial charge is 0.328 e. The van der Waals surface area contributed by atoms with E-state index in [9.17, 15) is 18.4 Å². The molecule has 0 saturated heterocycles. The zero-order valence-electron chi connectivity index (χ0n) is 10.5. The third-order valence-corrected chi connectivity index (χ3v) is 3.26. The minimum absolute atomic E-state index is 0.0278. The van der Waals surface area contributed by atoms with Crippen molar-refractivity contribution >= 4 is 29.5 Å². The van der Waals surface area contributed by atoms with Crippen molar-refractivity contribution in [3.05, 3.63) is 51.6 Å². The fourth-order valence-electron chi connectivity index (χ4n) is 2.03. The van der Waals surface area contributed by atoms with Crippen LogP contribution in [0.1, 0.15) is 22.3 Å². The number of hydrogen-bond donors (Lipinski definition) is 1. The molecular weight excluding hydrogens is 288 g/mol. The fourth-order valence-corrected chi connectivity index (χ4v) is 2.22. The van der Waals surface area contributed by atoms with Crippen LogP contribution in [0.2, 0.25) is 0 Å². The van der Waals surface area contributed by atoms with Crippen LogP contribution >= 0.6 is 11.6 Å². The summed E-state index contributed by atoms with van der Waals surface area (Å²) in [5.41, 5.74) is 0.695. The molecule has 0 aliphatic heterocycles. The first kappa shape index (κ1) is 14.4. The predicted molar refractivity (Wildman–Crippen MR) is 71.8 cm³/mol. The lowest BCUT2D eigenvalue weighted by Gasteiger charge is -2.11. The van der Waals surface area contributed by atoms with Crippen molar-refractivity contribution in [3.8, 4) is 0 Å². The van der Waals surface area contributed by atoms with Crippen molar-refractivity contribution in [3.63, 3.8) is 0 Å². The molecule has 0 aromatic heterocycles. The monoisotopic (exact) mass is 297 g/mol. The van der Waals surface area contributed by atoms with Gasteiger partial charge in [0.05, 0.1) is 10.7 Å². The van der Waals surface area contributed by atoms with Gasteiger partial charge >= 0.3 is 0 Å². The van der Waals surface area contributed by atoms with Crippen LogP contribution in [0.15, 0.2) is 34.6 Å². The summed E-state index contributed by atoms with van der Waals surface area (Å²) in [6, 6.07) is 2.20. The average Bonchev–Trinajstić information content (AvgIpc) is 2.72. The molecule has 0 radical (unpaired) electrons. The molecule has 0 bridgehead atoms. The minimum Gasteiger partial charge on any atom is -0.328 e. The number of rotatable bonds is 4. The normalized spacial score (nSPS) is 14.3. The summed E-state index contributed by atoms with van der Waals surface area (Å²) in [7, 11) is 0. The van der Waals surface area contributed by atoms with E-state index in [-0.39, 0.29) is 28.3 Å². The highest BCUT2D eigenvalue weighted by molar-refractivity contribution is 6.32. The molecule has 0 atom stereocenters. The first-order valence-corrected chi connectivity index (χ1v) is 6.11. The number of Topliss-reactive ketones (excluding diaryl/α,β-unsaturated/α-hetero) is 1. The van der Waals surface area contributed by atoms with Crippen molar-refractivity contribution < 1.29 is 18.4 Å². The summed E-state index contributed by atoms with van der Waals surface area (Å²) in [5, 5.41) is 2.23. The lowest BCUT2D eigenvalue weighted by molar-refractivity contribution is -0.105. The van der Waals surface area contributed by atoms with Crippen LogP contribution < -0.4 is 5.32 Å². The van der Waals surface area contributed by atoms with Crippen LogP contribution in [0.3, 0.4) is 0 Å². The number of halogens is 3. The van der Waals surface area contributed by atoms with E-state index in [0.717, 1.165) is 6.07 Å². The summed E-state index contributed by atoms with van der Waals surface area (Å²) in [6.07, 6.45) is 1.38. The first-order chi connectivity index (χ1) is 9.43. The van der Waals surface area contributed by atoms with Gasteiger partial charge in [-0.25, -0.2) is 8.78 Å². The van der Waals surface area contributed by atoms with Crippen molar-refractivity contribution in [2.75, 3.05) is 5.32 Å². The Labute approximate surface area is 118 Å². The van der Waals surface area contributed by atoms with Crippen LogP contribution in [0.4, 0.5) is 14.5 Å². The molecule has 1 aromatic carbocycles. The predicted octanol–water partition coefficient (Wildman–Crippen LogP) is 3.64. The Morgan fingerprint density at radius 2 is 2.10 bits per heavy atom. The molecule has 20 heavy (non-hydrogen) atoms. The van der Waals surface area contributed by atoms with E-state index in [0.29, 0.717) is 12.0 Å². The third kappa shape index (κ3) is 2.63. The molecule has 1 aliphatic rings. The van der Waals surface area contributed by atoms with E-state index >= 15 is 0 Å². The number of nitrogens with one attached hydrogen (secondary N) is 1. The van der Waals surface area contributed by atoms with Gasteiger partial charge in [-0.3, -0.25) is 9.59 Å². The lowest BCUT2D eigenvalue weighted by atomic mass is 9.98. The Hall–Kier alpha value is -2.01. The van der Waals surface area contributed by atoms with Crippen LogP contribution in [-0.2, 0) is 4.79 Å². The van der Waals surface area contributed by atoms with Gasteiger partial charge in [-0.15, -0.1) is 0 Å². The van der Waals surface area contributed by atoms with E-state index < -0.39 is 17.4 Å². The number of aryl methyl sites for hydroxylation is 1. The number of hydrogen-bond acceptors (Lipinski definition) is 2. The van der Waals surface area contributed by atoms with E-state index in [1.54, 1.807) is 6.92 Å². The molecule has 0 heterocycles. The molecule has 0 saturated carbocycles. The van der Waals surface area contributed by atoms with Crippen molar-refractivity contribution in [2.24, 2.45) is 0 Å². The van der Waals surface area contributed by atoms with E-state index in [1.165, 1.54) is 12.1 Å². The van der Waals surface area contributed by atoms with Gasteiger partial charge in [0.2, 0.25) is 6.41 Å². The van der Waals surface area contributed by atoms with E-state index in [4.69, 9.17) is 11.6 Å². The molecular formula is C14H10ClF2NO2. The Balaban J connectivity index is 2.45. The number of anilines is 1. The molecule has 0 unspecified atom stereocenters. The Bertz CT molecular complexity index is 665. The number of amides is 1. The fraction of sp³-hybridized carbons (Fsp3) is 0.143. The van der Waals surface area contributed by atoms with Crippen LogP contribution in [0, 0.1) is 12.7 Å². The maximum atomic E-state index is 13.5. The molecule has 1 amide bonds. The van der Waals surface area contributed by atoms with Crippen LogP contribution in [0.5, 0.6) is 0 Å². The third-order valence-electron chi connectivity index (χ3n) is 2.95. The zero-order valence-corrected chi connectivity index (χ0v) is 11.2. The zero-order chi connectivity index (χ0) is 14.9. The molecule has 0 spiro atoms. The van der Waals surface area contributed by atoms with Crippen LogP contribution in [-0.4, -0.2) is 12.2 Å². The molecule has 1 aromatic rings. The Morgan fingerprint density at radius 1 is 1.40 bits per heavy atom. The molecule has 1 aliphatic carbocycles. The minimum atomic E-state index is -0.611. The second-order valence-electron chi connectivity index (χ2n) is 4.34. The standard InChI is InChI=1S/C14H10ClF2NO2/c1-7-2-9(16)5-10(13(7)18-6-19)14(20)8-3-11(15)12(17)4-8/h2-3,5-6H,4H2,1H3,(H,18,19). The number of carbonyl (C=O) groups excluding carboxylic acids is 2. The van der Waals surface area contributed by atoms with Gasteiger partial charge in [0.25, 0.3) is 0 Å². The lowest BCUT2D eigenvalue weighted by Crippen LogP contribution is -2.09. The quantitative estimate of drug-likeness (QED) is 0.681. The number of benzene rings is 1. The molecule has 3 nitrogen and oxygen atoms in total. The van der Waals surface area contributed by atoms with Gasteiger partial charge in [-0.1, -0.05) is 11.6 Å². The Morgan fingerprint density at radius 3 is 2.65 bits per heavy atom. The highest BCUT2D eigenvalue weighted by Crippen LogP contribution is 2.33. The molecule has 6 heteroatoms. The van der Waals surface area contributed by atoms with Crippen LogP contribution in [0.25, 0.3) is 0 Å². The van der Waals surface area contributed by atoms with Gasteiger partial charge in [-0.05, 0) is 30.7 Å². The molecule has 1 N–H and O–H groups in total. The highest BCUT2D eigenvalue weighted by atomic mass is 35.5. The van der Waals surface area contributed by atoms with E-state index in [2.05, 4.69) is 5.32 Å². The summed E-state index contributed by atoms with van der Waals surface area (Å²) < 4.78 is 26.7. The van der Waals surface area contributed by atoms with Crippen molar-refractivity contribution in [1.82, 2.24) is 0 Å². The number of ketones is 1. The van der Waals surface area contributed by atoms with Gasteiger partial charge in [0.15, 0.2) is 5.78 Å². The van der Waals surface area contributed by atoms with Gasteiger partial charge in [-0.2, -0.15) is 0 Å². The molecule has 2 rings (SSSR count). The molecule has 0 fully saturated rings. The maximum absolute atomic E-state index is 13.5. The maximum Gasteiger partial charge on any atom is 0.211 e. The summed E-state index contributed by atoms with van der Waals surface area (Å²) in [6.45, 7) is 1.56. The first-order valence-electron chi connectivity index (χ1n) is 5.73.